The van der Waals surface area contributed by atoms with Crippen LogP contribution in [-0.2, 0) is 4.79 Å². The number of rotatable bonds is 10. The summed E-state index contributed by atoms with van der Waals surface area (Å²) in [5.41, 5.74) is 0.412. The van der Waals surface area contributed by atoms with E-state index in [0.717, 1.165) is 0 Å². The molecule has 0 aromatic heterocycles. The number of hydrogen-bond acceptors (Lipinski definition) is 4. The zero-order chi connectivity index (χ0) is 23.6. The Hall–Kier alpha value is -3.56. The van der Waals surface area contributed by atoms with E-state index in [1.54, 1.807) is 35.6 Å². The lowest BCUT2D eigenvalue weighted by atomic mass is 10.1. The number of ether oxygens (including phenoxy) is 1. The number of carbonyl (C=O) groups is 3. The lowest BCUT2D eigenvalue weighted by Crippen LogP contribution is -2.34. The van der Waals surface area contributed by atoms with Crippen LogP contribution in [0.25, 0.3) is 0 Å². The predicted molar refractivity (Wildman–Crippen MR) is 113 cm³/mol. The Labute approximate surface area is 183 Å². The topological polar surface area (TPSA) is 96.5 Å². The van der Waals surface area contributed by atoms with Crippen LogP contribution in [0.1, 0.15) is 40.5 Å². The van der Waals surface area contributed by atoms with Gasteiger partial charge in [0.2, 0.25) is 5.91 Å². The molecular weight excluding hydrogens is 427 g/mol. The molecule has 0 fully saturated rings. The fourth-order valence-corrected chi connectivity index (χ4v) is 2.76. The zero-order valence-corrected chi connectivity index (χ0v) is 17.4. The maximum absolute atomic E-state index is 12.3. The second-order valence-corrected chi connectivity index (χ2v) is 6.68. The highest BCUT2D eigenvalue weighted by Gasteiger charge is 2.28. The van der Waals surface area contributed by atoms with Gasteiger partial charge in [-0.25, -0.2) is 0 Å². The summed E-state index contributed by atoms with van der Waals surface area (Å²) in [6, 6.07) is 12.6. The van der Waals surface area contributed by atoms with E-state index >= 15 is 0 Å². The number of nitrogens with one attached hydrogen (secondary N) is 3. The van der Waals surface area contributed by atoms with Gasteiger partial charge in [0.25, 0.3) is 11.8 Å². The highest BCUT2D eigenvalue weighted by atomic mass is 19.4. The predicted octanol–water partition coefficient (Wildman–Crippen LogP) is 3.53. The number of carbonyl (C=O) groups excluding carboxylic acids is 3. The normalized spacial score (nSPS) is 10.9. The number of para-hydroxylation sites is 2. The lowest BCUT2D eigenvalue weighted by Gasteiger charge is -2.13. The van der Waals surface area contributed by atoms with Gasteiger partial charge in [-0.3, -0.25) is 14.4 Å². The van der Waals surface area contributed by atoms with Crippen molar-refractivity contribution in [2.45, 2.75) is 25.9 Å². The molecule has 0 aliphatic rings. The fraction of sp³-hybridized carbons (Fsp3) is 0.318. The molecule has 0 bridgehead atoms. The maximum Gasteiger partial charge on any atom is 0.405 e. The molecule has 2 rings (SSSR count). The third kappa shape index (κ3) is 7.93. The van der Waals surface area contributed by atoms with Crippen molar-refractivity contribution >= 4 is 23.4 Å². The largest absolute Gasteiger partial charge is 0.493 e. The third-order valence-electron chi connectivity index (χ3n) is 4.19. The van der Waals surface area contributed by atoms with Crippen LogP contribution < -0.4 is 20.7 Å². The first-order valence-corrected chi connectivity index (χ1v) is 9.95. The molecule has 0 atom stereocenters. The molecule has 0 aliphatic heterocycles. The van der Waals surface area contributed by atoms with Crippen molar-refractivity contribution in [3.05, 3.63) is 59.7 Å². The lowest BCUT2D eigenvalue weighted by molar-refractivity contribution is -0.123. The minimum Gasteiger partial charge on any atom is -0.493 e. The van der Waals surface area contributed by atoms with Crippen molar-refractivity contribution in [1.82, 2.24) is 10.6 Å². The Balaban J connectivity index is 1.84. The fourth-order valence-electron chi connectivity index (χ4n) is 2.76. The monoisotopic (exact) mass is 451 g/mol. The van der Waals surface area contributed by atoms with Crippen molar-refractivity contribution in [1.29, 1.82) is 0 Å². The third-order valence-corrected chi connectivity index (χ3v) is 4.19. The number of halogens is 3. The second-order valence-electron chi connectivity index (χ2n) is 6.68. The highest BCUT2D eigenvalue weighted by Crippen LogP contribution is 2.18. The van der Waals surface area contributed by atoms with Crippen LogP contribution in [0.15, 0.2) is 48.5 Å². The van der Waals surface area contributed by atoms with Gasteiger partial charge in [0.15, 0.2) is 0 Å². The SMILES string of the molecule is CCOc1ccccc1C(=O)NCCCC(=O)Nc1ccccc1C(=O)NCC(F)(F)F. The molecule has 0 heterocycles. The van der Waals surface area contributed by atoms with Crippen LogP contribution in [0.5, 0.6) is 5.75 Å². The average Bonchev–Trinajstić information content (AvgIpc) is 2.75. The summed E-state index contributed by atoms with van der Waals surface area (Å²) in [4.78, 5) is 36.5. The van der Waals surface area contributed by atoms with Gasteiger partial charge in [0.05, 0.1) is 23.4 Å². The summed E-state index contributed by atoms with van der Waals surface area (Å²) < 4.78 is 42.4. The molecule has 2 aromatic rings. The van der Waals surface area contributed by atoms with Gasteiger partial charge in [-0.15, -0.1) is 0 Å². The van der Waals surface area contributed by atoms with E-state index in [1.807, 2.05) is 6.92 Å². The van der Waals surface area contributed by atoms with E-state index in [4.69, 9.17) is 4.74 Å². The van der Waals surface area contributed by atoms with E-state index in [9.17, 15) is 27.6 Å². The molecule has 7 nitrogen and oxygen atoms in total. The van der Waals surface area contributed by atoms with Crippen LogP contribution in [0.4, 0.5) is 18.9 Å². The van der Waals surface area contributed by atoms with Gasteiger partial charge < -0.3 is 20.7 Å². The number of hydrogen-bond donors (Lipinski definition) is 3. The molecule has 32 heavy (non-hydrogen) atoms. The maximum atomic E-state index is 12.3. The number of anilines is 1. The quantitative estimate of drug-likeness (QED) is 0.482. The van der Waals surface area contributed by atoms with Crippen LogP contribution in [0, 0.1) is 0 Å². The zero-order valence-electron chi connectivity index (χ0n) is 17.4. The van der Waals surface area contributed by atoms with Gasteiger partial charge in [0, 0.05) is 13.0 Å². The molecule has 172 valence electrons. The Bertz CT molecular complexity index is 948. The molecule has 0 unspecified atom stereocenters. The van der Waals surface area contributed by atoms with Crippen molar-refractivity contribution in [2.75, 3.05) is 25.0 Å². The summed E-state index contributed by atoms with van der Waals surface area (Å²) in [7, 11) is 0. The summed E-state index contributed by atoms with van der Waals surface area (Å²) in [6.45, 7) is 0.978. The standard InChI is InChI=1S/C22H24F3N3O4/c1-2-32-18-11-6-4-9-16(18)21(31)26-13-7-12-19(29)28-17-10-5-3-8-15(17)20(30)27-14-22(23,24)25/h3-6,8-11H,2,7,12-14H2,1H3,(H,26,31)(H,27,30)(H,28,29). The first-order chi connectivity index (χ1) is 15.2. The molecule has 3 amide bonds. The molecule has 0 saturated heterocycles. The van der Waals surface area contributed by atoms with Crippen LogP contribution >= 0.6 is 0 Å². The Morgan fingerprint density at radius 3 is 2.22 bits per heavy atom. The number of alkyl halides is 3. The molecule has 0 spiro atoms. The molecular formula is C22H24F3N3O4. The first-order valence-electron chi connectivity index (χ1n) is 9.95. The molecule has 0 radical (unpaired) electrons. The Morgan fingerprint density at radius 1 is 0.906 bits per heavy atom. The molecule has 0 saturated carbocycles. The van der Waals surface area contributed by atoms with Crippen molar-refractivity contribution < 1.29 is 32.3 Å². The van der Waals surface area contributed by atoms with Crippen molar-refractivity contribution in [3.8, 4) is 5.75 Å². The van der Waals surface area contributed by atoms with Gasteiger partial charge in [0.1, 0.15) is 12.3 Å². The van der Waals surface area contributed by atoms with Crippen LogP contribution in [0.2, 0.25) is 0 Å². The minimum atomic E-state index is -4.54. The van der Waals surface area contributed by atoms with Gasteiger partial charge in [-0.1, -0.05) is 24.3 Å². The van der Waals surface area contributed by atoms with E-state index in [1.165, 1.54) is 18.2 Å². The summed E-state index contributed by atoms with van der Waals surface area (Å²) >= 11 is 0. The minimum absolute atomic E-state index is 0.0336. The van der Waals surface area contributed by atoms with Gasteiger partial charge in [-0.2, -0.15) is 13.2 Å². The second kappa shape index (κ2) is 11.7. The van der Waals surface area contributed by atoms with Gasteiger partial charge >= 0.3 is 6.18 Å². The van der Waals surface area contributed by atoms with Gasteiger partial charge in [-0.05, 0) is 37.6 Å². The average molecular weight is 451 g/mol. The molecule has 3 N–H and O–H groups in total. The van der Waals surface area contributed by atoms with E-state index in [2.05, 4.69) is 10.6 Å². The summed E-state index contributed by atoms with van der Waals surface area (Å²) in [5.74, 6) is -1.25. The first kappa shape index (κ1) is 24.7. The van der Waals surface area contributed by atoms with Crippen molar-refractivity contribution in [3.63, 3.8) is 0 Å². The van der Waals surface area contributed by atoms with E-state index in [-0.39, 0.29) is 30.1 Å². The van der Waals surface area contributed by atoms with E-state index in [0.29, 0.717) is 24.3 Å². The highest BCUT2D eigenvalue weighted by molar-refractivity contribution is 6.03. The molecule has 2 aromatic carbocycles. The Kier molecular flexibility index (Phi) is 9.06. The van der Waals surface area contributed by atoms with E-state index < -0.39 is 24.5 Å². The molecule has 10 heteroatoms. The summed E-state index contributed by atoms with van der Waals surface area (Å²) in [6.07, 6.45) is -4.19. The Morgan fingerprint density at radius 2 is 1.53 bits per heavy atom. The molecule has 0 aliphatic carbocycles. The number of amides is 3. The van der Waals surface area contributed by atoms with Crippen molar-refractivity contribution in [2.24, 2.45) is 0 Å². The number of benzene rings is 2. The summed E-state index contributed by atoms with van der Waals surface area (Å²) in [5, 5.41) is 7.00. The van der Waals surface area contributed by atoms with Crippen LogP contribution in [0.3, 0.4) is 0 Å². The van der Waals surface area contributed by atoms with Crippen LogP contribution in [-0.4, -0.2) is 43.6 Å². The smallest absolute Gasteiger partial charge is 0.405 e.